The molecule has 0 spiro atoms. The first-order valence-electron chi connectivity index (χ1n) is 6.81. The Kier molecular flexibility index (Phi) is 5.35. The minimum atomic E-state index is -0.890. The normalized spacial score (nSPS) is 10.5. The van der Waals surface area contributed by atoms with E-state index in [-0.39, 0.29) is 18.1 Å². The fourth-order valence-electron chi connectivity index (χ4n) is 1.94. The summed E-state index contributed by atoms with van der Waals surface area (Å²) in [5.74, 6) is -0.674. The zero-order valence-corrected chi connectivity index (χ0v) is 12.4. The van der Waals surface area contributed by atoms with Gasteiger partial charge in [0.05, 0.1) is 0 Å². The van der Waals surface area contributed by atoms with Crippen molar-refractivity contribution in [2.45, 2.75) is 6.61 Å². The average molecular weight is 330 g/mol. The van der Waals surface area contributed by atoms with Crippen molar-refractivity contribution < 1.29 is 24.9 Å². The average Bonchev–Trinajstić information content (AvgIpc) is 2.50. The van der Waals surface area contributed by atoms with Gasteiger partial charge in [-0.3, -0.25) is 4.79 Å². The van der Waals surface area contributed by atoms with E-state index in [0.717, 1.165) is 0 Å². The molecule has 0 fully saturated rings. The number of anilines is 1. The summed E-state index contributed by atoms with van der Waals surface area (Å²) in [6.07, 6.45) is 2.66. The lowest BCUT2D eigenvalue weighted by molar-refractivity contribution is -0.763. The van der Waals surface area contributed by atoms with E-state index in [1.54, 1.807) is 24.3 Å². The molecule has 0 aromatic heterocycles. The lowest BCUT2D eigenvalue weighted by atomic mass is 10.2. The van der Waals surface area contributed by atoms with Crippen molar-refractivity contribution >= 4 is 17.7 Å². The maximum atomic E-state index is 11.9. The summed E-state index contributed by atoms with van der Waals surface area (Å²) < 4.78 is 0. The number of rotatable bonds is 6. The van der Waals surface area contributed by atoms with E-state index >= 15 is 0 Å². The molecular weight excluding hydrogens is 316 g/mol. The number of hydrogen-bond donors (Lipinski definition) is 3. The SMILES string of the molecule is O=C(C=Cc1cc(O)cc(O)c1)Nc1cccc(CO[N+](=O)[O-])c1. The fourth-order valence-corrected chi connectivity index (χ4v) is 1.94. The largest absolute Gasteiger partial charge is 0.508 e. The highest BCUT2D eigenvalue weighted by Gasteiger charge is 2.02. The molecule has 3 N–H and O–H groups in total. The third-order valence-corrected chi connectivity index (χ3v) is 2.88. The maximum Gasteiger partial charge on any atom is 0.294 e. The number of carbonyl (C=O) groups excluding carboxylic acids is 1. The lowest BCUT2D eigenvalue weighted by Gasteiger charge is -2.05. The monoisotopic (exact) mass is 330 g/mol. The Morgan fingerprint density at radius 2 is 1.92 bits per heavy atom. The highest BCUT2D eigenvalue weighted by molar-refractivity contribution is 6.02. The summed E-state index contributed by atoms with van der Waals surface area (Å²) in [6, 6.07) is 10.4. The first-order valence-corrected chi connectivity index (χ1v) is 6.81. The van der Waals surface area contributed by atoms with E-state index in [0.29, 0.717) is 16.8 Å². The van der Waals surface area contributed by atoms with Gasteiger partial charge in [-0.1, -0.05) is 12.1 Å². The number of phenols is 2. The van der Waals surface area contributed by atoms with Gasteiger partial charge in [-0.25, -0.2) is 0 Å². The second-order valence-corrected chi connectivity index (χ2v) is 4.80. The molecule has 124 valence electrons. The highest BCUT2D eigenvalue weighted by Crippen LogP contribution is 2.21. The molecule has 0 atom stereocenters. The molecule has 0 saturated carbocycles. The minimum absolute atomic E-state index is 0.117. The van der Waals surface area contributed by atoms with Crippen LogP contribution in [0.15, 0.2) is 48.5 Å². The van der Waals surface area contributed by atoms with Crippen LogP contribution in [0.1, 0.15) is 11.1 Å². The summed E-state index contributed by atoms with van der Waals surface area (Å²) in [5, 5.41) is 30.6. The Labute approximate surface area is 136 Å². The van der Waals surface area contributed by atoms with Crippen molar-refractivity contribution in [3.8, 4) is 11.5 Å². The fraction of sp³-hybridized carbons (Fsp3) is 0.0625. The van der Waals surface area contributed by atoms with Crippen LogP contribution in [0.5, 0.6) is 11.5 Å². The molecule has 24 heavy (non-hydrogen) atoms. The first-order chi connectivity index (χ1) is 11.4. The van der Waals surface area contributed by atoms with Gasteiger partial charge in [0.15, 0.2) is 0 Å². The molecule has 2 aromatic carbocycles. The molecule has 0 saturated heterocycles. The highest BCUT2D eigenvalue weighted by atomic mass is 16.9. The maximum absolute atomic E-state index is 11.9. The predicted molar refractivity (Wildman–Crippen MR) is 85.7 cm³/mol. The molecule has 0 aliphatic heterocycles. The van der Waals surface area contributed by atoms with Gasteiger partial charge in [0.2, 0.25) is 5.91 Å². The number of nitrogens with zero attached hydrogens (tertiary/aromatic N) is 1. The number of benzene rings is 2. The van der Waals surface area contributed by atoms with E-state index in [1.165, 1.54) is 30.4 Å². The molecule has 0 heterocycles. The van der Waals surface area contributed by atoms with Crippen LogP contribution in [0.3, 0.4) is 0 Å². The molecule has 0 radical (unpaired) electrons. The predicted octanol–water partition coefficient (Wildman–Crippen LogP) is 2.46. The smallest absolute Gasteiger partial charge is 0.294 e. The molecule has 8 heteroatoms. The third kappa shape index (κ3) is 5.34. The Morgan fingerprint density at radius 1 is 1.21 bits per heavy atom. The molecular formula is C16H14N2O6. The molecule has 1 amide bonds. The zero-order chi connectivity index (χ0) is 17.5. The minimum Gasteiger partial charge on any atom is -0.508 e. The Bertz CT molecular complexity index is 768. The van der Waals surface area contributed by atoms with Gasteiger partial charge in [0, 0.05) is 17.8 Å². The van der Waals surface area contributed by atoms with E-state index in [4.69, 9.17) is 0 Å². The van der Waals surface area contributed by atoms with Gasteiger partial charge in [0.1, 0.15) is 18.1 Å². The van der Waals surface area contributed by atoms with Gasteiger partial charge in [-0.15, -0.1) is 10.1 Å². The summed E-state index contributed by atoms with van der Waals surface area (Å²) in [7, 11) is 0. The van der Waals surface area contributed by atoms with Crippen LogP contribution in [-0.2, 0) is 16.2 Å². The quantitative estimate of drug-likeness (QED) is 0.425. The topological polar surface area (TPSA) is 122 Å². The van der Waals surface area contributed by atoms with Crippen molar-refractivity contribution in [1.82, 2.24) is 0 Å². The van der Waals surface area contributed by atoms with Gasteiger partial charge in [0.25, 0.3) is 5.09 Å². The summed E-state index contributed by atoms with van der Waals surface area (Å²) >= 11 is 0. The van der Waals surface area contributed by atoms with E-state index in [2.05, 4.69) is 10.2 Å². The van der Waals surface area contributed by atoms with E-state index < -0.39 is 11.0 Å². The third-order valence-electron chi connectivity index (χ3n) is 2.88. The van der Waals surface area contributed by atoms with Gasteiger partial charge in [-0.05, 0) is 41.5 Å². The standard InChI is InChI=1S/C16H14N2O6/c19-14-7-11(8-15(20)9-14)4-5-16(21)17-13-3-1-2-12(6-13)10-24-18(22)23/h1-9,19-20H,10H2,(H,17,21). The van der Waals surface area contributed by atoms with Crippen LogP contribution in [0, 0.1) is 10.1 Å². The van der Waals surface area contributed by atoms with Crippen molar-refractivity contribution in [3.63, 3.8) is 0 Å². The zero-order valence-electron chi connectivity index (χ0n) is 12.4. The van der Waals surface area contributed by atoms with Gasteiger partial charge < -0.3 is 20.4 Å². The molecule has 0 aliphatic rings. The molecule has 0 aliphatic carbocycles. The number of carbonyl (C=O) groups is 1. The lowest BCUT2D eigenvalue weighted by Crippen LogP contribution is -2.08. The van der Waals surface area contributed by atoms with Crippen LogP contribution in [0.25, 0.3) is 6.08 Å². The van der Waals surface area contributed by atoms with Crippen LogP contribution in [0.2, 0.25) is 0 Å². The van der Waals surface area contributed by atoms with Crippen molar-refractivity contribution in [2.75, 3.05) is 5.32 Å². The molecule has 2 aromatic rings. The van der Waals surface area contributed by atoms with Crippen LogP contribution >= 0.6 is 0 Å². The summed E-state index contributed by atoms with van der Waals surface area (Å²) in [6.45, 7) is -0.213. The molecule has 0 bridgehead atoms. The molecule has 2 rings (SSSR count). The van der Waals surface area contributed by atoms with Gasteiger partial charge in [-0.2, -0.15) is 0 Å². The van der Waals surface area contributed by atoms with Crippen LogP contribution < -0.4 is 5.32 Å². The number of aromatic hydroxyl groups is 2. The van der Waals surface area contributed by atoms with Crippen molar-refractivity contribution in [2.24, 2.45) is 0 Å². The number of amides is 1. The second-order valence-electron chi connectivity index (χ2n) is 4.80. The van der Waals surface area contributed by atoms with Crippen molar-refractivity contribution in [1.29, 1.82) is 0 Å². The van der Waals surface area contributed by atoms with Crippen molar-refractivity contribution in [3.05, 3.63) is 69.8 Å². The molecule has 0 unspecified atom stereocenters. The Hall–Kier alpha value is -3.55. The Balaban J connectivity index is 2.00. The number of hydrogen-bond acceptors (Lipinski definition) is 6. The van der Waals surface area contributed by atoms with E-state index in [9.17, 15) is 25.1 Å². The second kappa shape index (κ2) is 7.63. The Morgan fingerprint density at radius 3 is 2.58 bits per heavy atom. The van der Waals surface area contributed by atoms with Crippen LogP contribution in [-0.4, -0.2) is 21.2 Å². The number of nitrogens with one attached hydrogen (secondary N) is 1. The van der Waals surface area contributed by atoms with Gasteiger partial charge >= 0.3 is 0 Å². The summed E-state index contributed by atoms with van der Waals surface area (Å²) in [4.78, 5) is 26.3. The van der Waals surface area contributed by atoms with Crippen LogP contribution in [0.4, 0.5) is 5.69 Å². The number of phenolic OH excluding ortho intramolecular Hbond substituents is 2. The summed E-state index contributed by atoms with van der Waals surface area (Å²) in [5.41, 5.74) is 1.44. The molecule has 8 nitrogen and oxygen atoms in total. The van der Waals surface area contributed by atoms with E-state index in [1.807, 2.05) is 0 Å². The first kappa shape index (κ1) is 16.8.